The van der Waals surface area contributed by atoms with Crippen molar-refractivity contribution in [3.8, 4) is 0 Å². The summed E-state index contributed by atoms with van der Waals surface area (Å²) in [5.41, 5.74) is 0. The van der Waals surface area contributed by atoms with Crippen LogP contribution in [0.4, 0.5) is 0 Å². The van der Waals surface area contributed by atoms with Gasteiger partial charge < -0.3 is 24.8 Å². The molecule has 1 fully saturated rings. The van der Waals surface area contributed by atoms with Crippen molar-refractivity contribution < 1.29 is 24.8 Å². The summed E-state index contributed by atoms with van der Waals surface area (Å²) in [7, 11) is 0. The zero-order chi connectivity index (χ0) is 21.9. The number of aliphatic hydroxyl groups is 3. The summed E-state index contributed by atoms with van der Waals surface area (Å²) in [6, 6.07) is 0. The number of rotatable bonds is 19. The van der Waals surface area contributed by atoms with Crippen LogP contribution in [0.25, 0.3) is 0 Å². The van der Waals surface area contributed by atoms with Gasteiger partial charge in [-0.1, -0.05) is 83.3 Å². The molecule has 0 unspecified atom stereocenters. The second kappa shape index (κ2) is 19.2. The van der Waals surface area contributed by atoms with E-state index >= 15 is 0 Å². The Morgan fingerprint density at radius 3 is 1.90 bits per heavy atom. The molecule has 0 radical (unpaired) electrons. The van der Waals surface area contributed by atoms with Gasteiger partial charge in [-0.05, 0) is 32.1 Å². The molecule has 0 bridgehead atoms. The molecule has 5 heteroatoms. The highest BCUT2D eigenvalue weighted by atomic mass is 16.6. The van der Waals surface area contributed by atoms with Crippen molar-refractivity contribution in [3.63, 3.8) is 0 Å². The van der Waals surface area contributed by atoms with Crippen molar-refractivity contribution in [2.45, 2.75) is 128 Å². The molecule has 4 atom stereocenters. The molecule has 1 aliphatic rings. The van der Waals surface area contributed by atoms with E-state index < -0.39 is 24.4 Å². The molecule has 0 saturated carbocycles. The van der Waals surface area contributed by atoms with E-state index in [1.807, 2.05) is 0 Å². The van der Waals surface area contributed by atoms with E-state index in [-0.39, 0.29) is 13.2 Å². The maximum atomic E-state index is 10.0. The molecule has 0 amide bonds. The Morgan fingerprint density at radius 2 is 1.33 bits per heavy atom. The van der Waals surface area contributed by atoms with Crippen LogP contribution in [0.3, 0.4) is 0 Å². The topological polar surface area (TPSA) is 79.2 Å². The average molecular weight is 429 g/mol. The third-order valence-corrected chi connectivity index (χ3v) is 5.97. The van der Waals surface area contributed by atoms with Gasteiger partial charge in [-0.2, -0.15) is 0 Å². The molecule has 5 nitrogen and oxygen atoms in total. The van der Waals surface area contributed by atoms with E-state index in [9.17, 15) is 15.3 Å². The van der Waals surface area contributed by atoms with E-state index in [4.69, 9.17) is 9.47 Å². The summed E-state index contributed by atoms with van der Waals surface area (Å²) in [5.74, 6) is 0. The van der Waals surface area contributed by atoms with Crippen LogP contribution in [0.5, 0.6) is 0 Å². The van der Waals surface area contributed by atoms with E-state index in [2.05, 4.69) is 19.1 Å². The molecule has 0 aromatic carbocycles. The van der Waals surface area contributed by atoms with E-state index in [1.54, 1.807) is 0 Å². The first-order valence-electron chi connectivity index (χ1n) is 12.6. The van der Waals surface area contributed by atoms with Crippen LogP contribution in [0.15, 0.2) is 12.2 Å². The van der Waals surface area contributed by atoms with Crippen molar-refractivity contribution in [2.24, 2.45) is 0 Å². The van der Waals surface area contributed by atoms with Crippen molar-refractivity contribution >= 4 is 0 Å². The van der Waals surface area contributed by atoms with Crippen LogP contribution in [-0.2, 0) is 9.47 Å². The third-order valence-electron chi connectivity index (χ3n) is 5.97. The van der Waals surface area contributed by atoms with Gasteiger partial charge in [0, 0.05) is 6.61 Å². The Balaban J connectivity index is 1.87. The fourth-order valence-electron chi connectivity index (χ4n) is 3.96. The van der Waals surface area contributed by atoms with Crippen LogP contribution in [0.2, 0.25) is 0 Å². The molecular formula is C25H48O5. The molecule has 0 spiro atoms. The number of ether oxygens (including phenoxy) is 2. The van der Waals surface area contributed by atoms with Gasteiger partial charge in [0.05, 0.1) is 13.2 Å². The maximum absolute atomic E-state index is 10.0. The summed E-state index contributed by atoms with van der Waals surface area (Å²) in [6.07, 6.45) is 20.7. The predicted molar refractivity (Wildman–Crippen MR) is 123 cm³/mol. The second-order valence-corrected chi connectivity index (χ2v) is 8.74. The number of aliphatic hydroxyl groups excluding tert-OH is 3. The van der Waals surface area contributed by atoms with Crippen molar-refractivity contribution in [2.75, 3.05) is 19.8 Å². The fraction of sp³-hybridized carbons (Fsp3) is 0.920. The molecule has 0 aliphatic carbocycles. The molecule has 1 aliphatic heterocycles. The fourth-order valence-corrected chi connectivity index (χ4v) is 3.96. The molecule has 0 aromatic heterocycles. The lowest BCUT2D eigenvalue weighted by molar-refractivity contribution is -0.211. The minimum Gasteiger partial charge on any atom is -0.394 e. The van der Waals surface area contributed by atoms with Crippen LogP contribution in [0, 0.1) is 0 Å². The van der Waals surface area contributed by atoms with Gasteiger partial charge >= 0.3 is 0 Å². The first-order chi connectivity index (χ1) is 14.7. The molecule has 1 rings (SSSR count). The number of allylic oxidation sites excluding steroid dienone is 2. The van der Waals surface area contributed by atoms with Crippen LogP contribution in [-0.4, -0.2) is 59.6 Å². The lowest BCUT2D eigenvalue weighted by Crippen LogP contribution is -2.55. The van der Waals surface area contributed by atoms with Gasteiger partial charge in [-0.25, -0.2) is 0 Å². The predicted octanol–water partition coefficient (Wildman–Crippen LogP) is 4.91. The van der Waals surface area contributed by atoms with Gasteiger partial charge in [-0.15, -0.1) is 0 Å². The summed E-state index contributed by atoms with van der Waals surface area (Å²) in [5, 5.41) is 29.0. The Morgan fingerprint density at radius 1 is 0.800 bits per heavy atom. The van der Waals surface area contributed by atoms with Gasteiger partial charge in [-0.3, -0.25) is 0 Å². The van der Waals surface area contributed by atoms with Crippen LogP contribution in [0.1, 0.15) is 103 Å². The Labute approximate surface area is 184 Å². The summed E-state index contributed by atoms with van der Waals surface area (Å²) in [4.78, 5) is 0. The highest BCUT2D eigenvalue weighted by Crippen LogP contribution is 2.19. The molecule has 1 heterocycles. The SMILES string of the molecule is CCCCCCCCCCC/C=C/CCCCCCO[C@H]1[C@H](O)[C@@H](O)CO[C@@H]1CO. The summed E-state index contributed by atoms with van der Waals surface area (Å²) < 4.78 is 11.0. The van der Waals surface area contributed by atoms with Gasteiger partial charge in [0.25, 0.3) is 0 Å². The zero-order valence-corrected chi connectivity index (χ0v) is 19.4. The number of unbranched alkanes of at least 4 members (excludes halogenated alkanes) is 13. The number of hydrogen-bond acceptors (Lipinski definition) is 5. The van der Waals surface area contributed by atoms with E-state index in [0.717, 1.165) is 19.3 Å². The average Bonchev–Trinajstić information content (AvgIpc) is 2.75. The maximum Gasteiger partial charge on any atom is 0.114 e. The third kappa shape index (κ3) is 13.1. The van der Waals surface area contributed by atoms with Crippen LogP contribution >= 0.6 is 0 Å². The molecule has 30 heavy (non-hydrogen) atoms. The Bertz CT molecular complexity index is 399. The molecule has 3 N–H and O–H groups in total. The zero-order valence-electron chi connectivity index (χ0n) is 19.4. The smallest absolute Gasteiger partial charge is 0.114 e. The van der Waals surface area contributed by atoms with Gasteiger partial charge in [0.1, 0.15) is 24.4 Å². The van der Waals surface area contributed by atoms with Crippen molar-refractivity contribution in [1.82, 2.24) is 0 Å². The Hall–Kier alpha value is -0.460. The molecular weight excluding hydrogens is 380 g/mol. The van der Waals surface area contributed by atoms with Crippen LogP contribution < -0.4 is 0 Å². The van der Waals surface area contributed by atoms with Gasteiger partial charge in [0.2, 0.25) is 0 Å². The quantitative estimate of drug-likeness (QED) is 0.201. The molecule has 178 valence electrons. The van der Waals surface area contributed by atoms with Gasteiger partial charge in [0.15, 0.2) is 0 Å². The van der Waals surface area contributed by atoms with Crippen molar-refractivity contribution in [3.05, 3.63) is 12.2 Å². The highest BCUT2D eigenvalue weighted by Gasteiger charge is 2.39. The standard InChI is InChI=1S/C25H48O5/c1-2-3-4-5-6-7-8-9-10-11-12-13-14-15-16-17-18-19-29-25-23(20-26)30-21-22(27)24(25)28/h12-13,22-28H,2-11,14-21H2,1H3/b13-12+/t22-,23+,24+,25+/m0/s1. The van der Waals surface area contributed by atoms with Crippen molar-refractivity contribution in [1.29, 1.82) is 0 Å². The minimum absolute atomic E-state index is 0.0406. The first kappa shape index (κ1) is 27.6. The largest absolute Gasteiger partial charge is 0.394 e. The highest BCUT2D eigenvalue weighted by molar-refractivity contribution is 4.87. The Kier molecular flexibility index (Phi) is 17.7. The second-order valence-electron chi connectivity index (χ2n) is 8.74. The minimum atomic E-state index is -0.994. The molecule has 0 aromatic rings. The van der Waals surface area contributed by atoms with E-state index in [1.165, 1.54) is 77.0 Å². The lowest BCUT2D eigenvalue weighted by atomic mass is 10.0. The normalized spacial score (nSPS) is 24.7. The summed E-state index contributed by atoms with van der Waals surface area (Å²) in [6.45, 7) is 2.62. The first-order valence-corrected chi connectivity index (χ1v) is 12.6. The van der Waals surface area contributed by atoms with E-state index in [0.29, 0.717) is 6.61 Å². The number of hydrogen-bond donors (Lipinski definition) is 3. The summed E-state index contributed by atoms with van der Waals surface area (Å²) >= 11 is 0. The molecule has 1 saturated heterocycles. The lowest BCUT2D eigenvalue weighted by Gasteiger charge is -2.37. The monoisotopic (exact) mass is 428 g/mol.